The van der Waals surface area contributed by atoms with Crippen LogP contribution in [-0.4, -0.2) is 19.9 Å². The second-order valence-electron chi connectivity index (χ2n) is 3.39. The number of nitrogens with one attached hydrogen (secondary N) is 1. The van der Waals surface area contributed by atoms with E-state index in [0.717, 1.165) is 16.6 Å². The summed E-state index contributed by atoms with van der Waals surface area (Å²) in [6, 6.07) is 7.71. The Labute approximate surface area is 91.4 Å². The van der Waals surface area contributed by atoms with E-state index in [2.05, 4.69) is 19.9 Å². The number of para-hydroxylation sites is 1. The second-order valence-corrected chi connectivity index (χ2v) is 3.39. The number of fused-ring (bicyclic) bond motifs is 1. The number of nitrogen functional groups attached to an aromatic ring is 1. The predicted octanol–water partition coefficient (Wildman–Crippen LogP) is 1.60. The van der Waals surface area contributed by atoms with E-state index in [1.807, 2.05) is 24.3 Å². The Morgan fingerprint density at radius 3 is 2.81 bits per heavy atom. The van der Waals surface area contributed by atoms with Crippen LogP contribution in [0.1, 0.15) is 0 Å². The van der Waals surface area contributed by atoms with Crippen LogP contribution in [-0.2, 0) is 0 Å². The Bertz CT molecular complexity index is 630. The normalized spacial score (nSPS) is 10.8. The number of hydrogen-bond donors (Lipinski definition) is 2. The molecule has 0 saturated carbocycles. The first kappa shape index (κ1) is 8.84. The third-order valence-electron chi connectivity index (χ3n) is 2.34. The molecule has 78 valence electrons. The Balaban J connectivity index is 2.39. The zero-order valence-electron chi connectivity index (χ0n) is 8.38. The van der Waals surface area contributed by atoms with E-state index in [4.69, 9.17) is 5.73 Å². The second kappa shape index (κ2) is 3.30. The van der Waals surface area contributed by atoms with Gasteiger partial charge in [0.15, 0.2) is 5.82 Å². The first-order valence-corrected chi connectivity index (χ1v) is 4.86. The van der Waals surface area contributed by atoms with Crippen LogP contribution in [0.25, 0.3) is 22.4 Å². The van der Waals surface area contributed by atoms with Crippen molar-refractivity contribution in [2.45, 2.75) is 0 Å². The van der Waals surface area contributed by atoms with Crippen LogP contribution >= 0.6 is 0 Å². The number of nitrogens with two attached hydrogens (primary N) is 1. The molecule has 3 rings (SSSR count). The molecule has 5 heteroatoms. The molecule has 2 heterocycles. The van der Waals surface area contributed by atoms with E-state index in [9.17, 15) is 0 Å². The van der Waals surface area contributed by atoms with Crippen LogP contribution in [0.5, 0.6) is 0 Å². The number of H-pyrrole nitrogens is 1. The molecule has 3 aromatic rings. The van der Waals surface area contributed by atoms with Gasteiger partial charge in [0.05, 0.1) is 5.52 Å². The van der Waals surface area contributed by atoms with Crippen molar-refractivity contribution in [3.8, 4) is 11.5 Å². The van der Waals surface area contributed by atoms with Crippen molar-refractivity contribution in [2.24, 2.45) is 0 Å². The van der Waals surface area contributed by atoms with E-state index in [-0.39, 0.29) is 5.95 Å². The van der Waals surface area contributed by atoms with Gasteiger partial charge in [0.2, 0.25) is 5.95 Å². The highest BCUT2D eigenvalue weighted by Crippen LogP contribution is 2.23. The summed E-state index contributed by atoms with van der Waals surface area (Å²) in [4.78, 5) is 15.6. The summed E-state index contributed by atoms with van der Waals surface area (Å²) < 4.78 is 0. The summed E-state index contributed by atoms with van der Waals surface area (Å²) >= 11 is 0. The molecule has 16 heavy (non-hydrogen) atoms. The van der Waals surface area contributed by atoms with Crippen molar-refractivity contribution in [2.75, 3.05) is 5.73 Å². The summed E-state index contributed by atoms with van der Waals surface area (Å²) in [6.07, 6.45) is 3.44. The Hall–Kier alpha value is -2.43. The smallest absolute Gasteiger partial charge is 0.221 e. The van der Waals surface area contributed by atoms with Gasteiger partial charge in [-0.25, -0.2) is 15.0 Å². The maximum absolute atomic E-state index is 5.67. The minimum absolute atomic E-state index is 0.255. The van der Waals surface area contributed by atoms with Gasteiger partial charge >= 0.3 is 0 Å². The molecule has 0 atom stereocenters. The lowest BCUT2D eigenvalue weighted by Crippen LogP contribution is -1.98. The van der Waals surface area contributed by atoms with E-state index in [1.54, 1.807) is 12.4 Å². The number of benzene rings is 1. The SMILES string of the molecule is Nc1nc(-c2ncc[nH]2)c2ccccc2n1. The Morgan fingerprint density at radius 1 is 1.12 bits per heavy atom. The molecule has 0 aliphatic rings. The molecular formula is C11H9N5. The summed E-state index contributed by atoms with van der Waals surface area (Å²) in [5.41, 5.74) is 7.22. The standard InChI is InChI=1S/C11H9N5/c12-11-15-8-4-2-1-3-7(8)9(16-11)10-13-5-6-14-10/h1-6H,(H,13,14)(H2,12,15,16). The monoisotopic (exact) mass is 211 g/mol. The average Bonchev–Trinajstić information content (AvgIpc) is 2.81. The quantitative estimate of drug-likeness (QED) is 0.640. The fourth-order valence-corrected chi connectivity index (χ4v) is 1.67. The molecule has 0 radical (unpaired) electrons. The molecule has 3 N–H and O–H groups in total. The van der Waals surface area contributed by atoms with E-state index in [0.29, 0.717) is 5.82 Å². The van der Waals surface area contributed by atoms with Gasteiger partial charge in [0, 0.05) is 17.8 Å². The molecule has 0 fully saturated rings. The number of imidazole rings is 1. The van der Waals surface area contributed by atoms with Crippen LogP contribution in [0.15, 0.2) is 36.7 Å². The van der Waals surface area contributed by atoms with Crippen molar-refractivity contribution >= 4 is 16.9 Å². The summed E-state index contributed by atoms with van der Waals surface area (Å²) in [6.45, 7) is 0. The minimum atomic E-state index is 0.255. The predicted molar refractivity (Wildman–Crippen MR) is 61.5 cm³/mol. The van der Waals surface area contributed by atoms with Crippen LogP contribution in [0.3, 0.4) is 0 Å². The number of nitrogens with zero attached hydrogens (tertiary/aromatic N) is 3. The van der Waals surface area contributed by atoms with E-state index < -0.39 is 0 Å². The molecule has 1 aromatic carbocycles. The first-order valence-electron chi connectivity index (χ1n) is 4.86. The van der Waals surface area contributed by atoms with Crippen molar-refractivity contribution in [3.05, 3.63) is 36.7 Å². The minimum Gasteiger partial charge on any atom is -0.368 e. The molecule has 0 aliphatic carbocycles. The third kappa shape index (κ3) is 1.30. The Morgan fingerprint density at radius 2 is 2.00 bits per heavy atom. The zero-order valence-corrected chi connectivity index (χ0v) is 8.38. The maximum Gasteiger partial charge on any atom is 0.221 e. The highest BCUT2D eigenvalue weighted by atomic mass is 15.0. The molecule has 0 spiro atoms. The number of aromatic nitrogens is 4. The van der Waals surface area contributed by atoms with Gasteiger partial charge < -0.3 is 10.7 Å². The molecule has 0 aliphatic heterocycles. The van der Waals surface area contributed by atoms with Crippen LogP contribution in [0.2, 0.25) is 0 Å². The van der Waals surface area contributed by atoms with Crippen molar-refractivity contribution in [1.82, 2.24) is 19.9 Å². The van der Waals surface area contributed by atoms with E-state index in [1.165, 1.54) is 0 Å². The van der Waals surface area contributed by atoms with Gasteiger partial charge in [-0.2, -0.15) is 0 Å². The van der Waals surface area contributed by atoms with Gasteiger partial charge in [-0.15, -0.1) is 0 Å². The van der Waals surface area contributed by atoms with Crippen molar-refractivity contribution in [3.63, 3.8) is 0 Å². The maximum atomic E-state index is 5.67. The largest absolute Gasteiger partial charge is 0.368 e. The summed E-state index contributed by atoms with van der Waals surface area (Å²) in [5, 5.41) is 0.937. The molecule has 2 aromatic heterocycles. The molecular weight excluding hydrogens is 202 g/mol. The first-order chi connectivity index (χ1) is 7.84. The highest BCUT2D eigenvalue weighted by molar-refractivity contribution is 5.91. The third-order valence-corrected chi connectivity index (χ3v) is 2.34. The van der Waals surface area contributed by atoms with E-state index >= 15 is 0 Å². The van der Waals surface area contributed by atoms with Gasteiger partial charge in [-0.1, -0.05) is 18.2 Å². The lowest BCUT2D eigenvalue weighted by molar-refractivity contribution is 1.19. The fourth-order valence-electron chi connectivity index (χ4n) is 1.67. The summed E-state index contributed by atoms with van der Waals surface area (Å²) in [7, 11) is 0. The summed E-state index contributed by atoms with van der Waals surface area (Å²) in [5.74, 6) is 0.954. The van der Waals surface area contributed by atoms with Crippen LogP contribution < -0.4 is 5.73 Å². The van der Waals surface area contributed by atoms with Crippen molar-refractivity contribution < 1.29 is 0 Å². The van der Waals surface area contributed by atoms with Crippen molar-refractivity contribution in [1.29, 1.82) is 0 Å². The molecule has 5 nitrogen and oxygen atoms in total. The van der Waals surface area contributed by atoms with Gasteiger partial charge in [-0.3, -0.25) is 0 Å². The lowest BCUT2D eigenvalue weighted by Gasteiger charge is -2.03. The van der Waals surface area contributed by atoms with Gasteiger partial charge in [-0.05, 0) is 6.07 Å². The van der Waals surface area contributed by atoms with Crippen LogP contribution in [0.4, 0.5) is 5.95 Å². The topological polar surface area (TPSA) is 80.5 Å². The highest BCUT2D eigenvalue weighted by Gasteiger charge is 2.09. The molecule has 0 unspecified atom stereocenters. The molecule has 0 amide bonds. The van der Waals surface area contributed by atoms with Gasteiger partial charge in [0.25, 0.3) is 0 Å². The number of anilines is 1. The lowest BCUT2D eigenvalue weighted by atomic mass is 10.2. The zero-order chi connectivity index (χ0) is 11.0. The number of aromatic amines is 1. The fraction of sp³-hybridized carbons (Fsp3) is 0. The number of hydrogen-bond acceptors (Lipinski definition) is 4. The number of rotatable bonds is 1. The average molecular weight is 211 g/mol. The molecule has 0 saturated heterocycles. The van der Waals surface area contributed by atoms with Gasteiger partial charge in [0.1, 0.15) is 5.69 Å². The molecule has 0 bridgehead atoms. The van der Waals surface area contributed by atoms with Crippen LogP contribution in [0, 0.1) is 0 Å². The Kier molecular flexibility index (Phi) is 1.83.